The van der Waals surface area contributed by atoms with Crippen LogP contribution in [0.2, 0.25) is 0 Å². The fourth-order valence-electron chi connectivity index (χ4n) is 4.30. The van der Waals surface area contributed by atoms with Crippen LogP contribution in [0.25, 0.3) is 5.57 Å². The Balaban J connectivity index is 0.000000324. The first-order chi connectivity index (χ1) is 17.9. The Morgan fingerprint density at radius 3 is 2.30 bits per heavy atom. The van der Waals surface area contributed by atoms with Gasteiger partial charge in [0.1, 0.15) is 11.6 Å². The van der Waals surface area contributed by atoms with Gasteiger partial charge in [-0.2, -0.15) is 5.26 Å². The molecular formula is C33H47N3O. The monoisotopic (exact) mass is 501 g/mol. The molecule has 0 spiro atoms. The van der Waals surface area contributed by atoms with Gasteiger partial charge in [-0.15, -0.1) is 0 Å². The highest BCUT2D eigenvalue weighted by atomic mass is 16.1. The van der Waals surface area contributed by atoms with Gasteiger partial charge in [-0.05, 0) is 87.3 Å². The highest BCUT2D eigenvalue weighted by Gasteiger charge is 2.15. The second kappa shape index (κ2) is 19.0. The second-order valence-electron chi connectivity index (χ2n) is 9.63. The molecule has 4 heteroatoms. The van der Waals surface area contributed by atoms with Gasteiger partial charge in [0.25, 0.3) is 0 Å². The van der Waals surface area contributed by atoms with E-state index in [1.807, 2.05) is 24.4 Å². The third-order valence-corrected chi connectivity index (χ3v) is 6.47. The Morgan fingerprint density at radius 2 is 1.76 bits per heavy atom. The molecule has 1 unspecified atom stereocenters. The van der Waals surface area contributed by atoms with E-state index >= 15 is 0 Å². The van der Waals surface area contributed by atoms with Crippen molar-refractivity contribution in [1.29, 1.82) is 5.26 Å². The first kappa shape index (κ1) is 31.8. The van der Waals surface area contributed by atoms with Crippen molar-refractivity contribution in [2.45, 2.75) is 91.9 Å². The molecule has 1 fully saturated rings. The number of carbonyl (C=O) groups is 1. The number of nitrogens with one attached hydrogen (secondary N) is 1. The van der Waals surface area contributed by atoms with Gasteiger partial charge in [0.05, 0.1) is 18.5 Å². The third kappa shape index (κ3) is 13.1. The summed E-state index contributed by atoms with van der Waals surface area (Å²) in [5.41, 5.74) is 5.41. The zero-order valence-corrected chi connectivity index (χ0v) is 23.7. The zero-order valence-electron chi connectivity index (χ0n) is 23.7. The topological polar surface area (TPSA) is 65.2 Å². The predicted octanol–water partition coefficient (Wildman–Crippen LogP) is 8.70. The first-order valence-electron chi connectivity index (χ1n) is 13.8. The van der Waals surface area contributed by atoms with Crippen molar-refractivity contribution in [2.75, 3.05) is 6.54 Å². The van der Waals surface area contributed by atoms with E-state index < -0.39 is 0 Å². The van der Waals surface area contributed by atoms with Crippen LogP contribution in [-0.2, 0) is 4.79 Å². The molecule has 0 aromatic heterocycles. The Hall–Kier alpha value is -3.19. The minimum atomic E-state index is -0.0517. The summed E-state index contributed by atoms with van der Waals surface area (Å²) < 4.78 is 0. The average molecular weight is 502 g/mol. The van der Waals surface area contributed by atoms with Gasteiger partial charge in [-0.25, -0.2) is 0 Å². The molecule has 1 N–H and O–H groups in total. The number of benzene rings is 1. The first-order valence-corrected chi connectivity index (χ1v) is 13.8. The summed E-state index contributed by atoms with van der Waals surface area (Å²) >= 11 is 0. The summed E-state index contributed by atoms with van der Waals surface area (Å²) in [6.45, 7) is 14.0. The van der Waals surface area contributed by atoms with Crippen molar-refractivity contribution in [3.63, 3.8) is 0 Å². The Labute approximate surface area is 226 Å². The van der Waals surface area contributed by atoms with Gasteiger partial charge >= 0.3 is 0 Å². The van der Waals surface area contributed by atoms with Crippen LogP contribution in [0.15, 0.2) is 71.9 Å². The maximum Gasteiger partial charge on any atom is 0.127 e. The molecule has 0 amide bonds. The summed E-state index contributed by atoms with van der Waals surface area (Å²) in [6.07, 6.45) is 19.6. The maximum atomic E-state index is 9.44. The predicted molar refractivity (Wildman–Crippen MR) is 159 cm³/mol. The number of hydrogen-bond acceptors (Lipinski definition) is 4. The van der Waals surface area contributed by atoms with Crippen LogP contribution in [-0.4, -0.2) is 18.2 Å². The number of nitriles is 1. The van der Waals surface area contributed by atoms with Gasteiger partial charge in [0, 0.05) is 0 Å². The number of ketones is 1. The van der Waals surface area contributed by atoms with Gasteiger partial charge in [-0.3, -0.25) is 4.99 Å². The van der Waals surface area contributed by atoms with Crippen molar-refractivity contribution in [1.82, 2.24) is 5.32 Å². The lowest BCUT2D eigenvalue weighted by atomic mass is 9.83. The molecule has 1 aliphatic carbocycles. The summed E-state index contributed by atoms with van der Waals surface area (Å²) in [5, 5.41) is 12.0. The van der Waals surface area contributed by atoms with Gasteiger partial charge in [-0.1, -0.05) is 88.3 Å². The lowest BCUT2D eigenvalue weighted by Crippen LogP contribution is -2.20. The van der Waals surface area contributed by atoms with E-state index in [1.165, 1.54) is 57.1 Å². The molecule has 200 valence electrons. The lowest BCUT2D eigenvalue weighted by molar-refractivity contribution is -0.114. The number of hydrogen-bond donors (Lipinski definition) is 1. The van der Waals surface area contributed by atoms with Crippen LogP contribution < -0.4 is 5.32 Å². The number of carbonyl (C=O) groups excluding carboxylic acids is 1. The zero-order chi connectivity index (χ0) is 27.5. The second-order valence-corrected chi connectivity index (χ2v) is 9.63. The van der Waals surface area contributed by atoms with E-state index in [9.17, 15) is 4.79 Å². The minimum Gasteiger partial charge on any atom is -0.347 e. The number of amidine groups is 1. The van der Waals surface area contributed by atoms with E-state index in [0.717, 1.165) is 36.6 Å². The molecule has 1 saturated carbocycles. The van der Waals surface area contributed by atoms with E-state index in [2.05, 4.69) is 74.1 Å². The highest BCUT2D eigenvalue weighted by molar-refractivity contribution is 5.98. The molecular weight excluding hydrogens is 454 g/mol. The summed E-state index contributed by atoms with van der Waals surface area (Å²) in [4.78, 5) is 13.8. The van der Waals surface area contributed by atoms with Crippen molar-refractivity contribution in [2.24, 2.45) is 10.9 Å². The number of rotatable bonds is 5. The standard InChI is InChI=1S/C17H24.C13H17N3.C3H6O/c1-3-14(4-2)16-10-12-17(13-11-16)15-8-6-5-7-9-15;1-3-11(2)13-15-8-4-6-12(10-14)7-5-9-16-13;1-3(2)4/h3,10-13,15H,4-9H2,1-2H3;4-6,9,12H,2-3,7-8H2,1H3,(H,15,16);1-2H3/b14-3+;6-4+,9-5+;. The molecule has 1 atom stereocenters. The van der Waals surface area contributed by atoms with Crippen LogP contribution >= 0.6 is 0 Å². The van der Waals surface area contributed by atoms with Crippen molar-refractivity contribution >= 4 is 17.2 Å². The van der Waals surface area contributed by atoms with Gasteiger partial charge < -0.3 is 10.1 Å². The van der Waals surface area contributed by atoms with Crippen LogP contribution in [0, 0.1) is 17.2 Å². The van der Waals surface area contributed by atoms with E-state index in [4.69, 9.17) is 5.26 Å². The fourth-order valence-corrected chi connectivity index (χ4v) is 4.30. The third-order valence-electron chi connectivity index (χ3n) is 6.47. The fraction of sp³-hybridized carbons (Fsp3) is 0.485. The van der Waals surface area contributed by atoms with Crippen LogP contribution in [0.1, 0.15) is 103 Å². The maximum absolute atomic E-state index is 9.44. The Morgan fingerprint density at radius 1 is 1.11 bits per heavy atom. The molecule has 1 heterocycles. The SMILES string of the molecule is C/C=C(\CC)c1ccc(C2CCCCC2)cc1.C=C(CC)C1=NC/C=C/C(C#N)C/C=C/N1.CC(C)=O. The number of allylic oxidation sites excluding steroid dienone is 4. The smallest absolute Gasteiger partial charge is 0.127 e. The van der Waals surface area contributed by atoms with Gasteiger partial charge in [0.2, 0.25) is 0 Å². The normalized spacial score (nSPS) is 19.7. The number of Topliss-reactive ketones (excluding diaryl/α,β-unsaturated/α-hetero) is 1. The molecule has 3 rings (SSSR count). The number of aliphatic imine (C=N–C) groups is 1. The Bertz CT molecular complexity index is 979. The quantitative estimate of drug-likeness (QED) is 0.410. The van der Waals surface area contributed by atoms with E-state index in [-0.39, 0.29) is 11.7 Å². The summed E-state index contributed by atoms with van der Waals surface area (Å²) in [5.74, 6) is 1.77. The molecule has 1 aliphatic heterocycles. The minimum absolute atomic E-state index is 0.0517. The molecule has 4 nitrogen and oxygen atoms in total. The van der Waals surface area contributed by atoms with Crippen LogP contribution in [0.5, 0.6) is 0 Å². The number of nitrogens with zero attached hydrogens (tertiary/aromatic N) is 2. The molecule has 0 bridgehead atoms. The Kier molecular flexibility index (Phi) is 16.3. The van der Waals surface area contributed by atoms with Crippen molar-refractivity contribution in [3.8, 4) is 6.07 Å². The summed E-state index contributed by atoms with van der Waals surface area (Å²) in [6, 6.07) is 11.6. The molecule has 0 saturated heterocycles. The van der Waals surface area contributed by atoms with Crippen LogP contribution in [0.4, 0.5) is 0 Å². The molecule has 37 heavy (non-hydrogen) atoms. The van der Waals surface area contributed by atoms with Crippen molar-refractivity contribution < 1.29 is 4.79 Å². The highest BCUT2D eigenvalue weighted by Crippen LogP contribution is 2.33. The summed E-state index contributed by atoms with van der Waals surface area (Å²) in [7, 11) is 0. The molecule has 1 aromatic rings. The lowest BCUT2D eigenvalue weighted by Gasteiger charge is -2.22. The largest absolute Gasteiger partial charge is 0.347 e. The van der Waals surface area contributed by atoms with E-state index in [0.29, 0.717) is 6.54 Å². The average Bonchev–Trinajstić information content (AvgIpc) is 2.92. The van der Waals surface area contributed by atoms with Gasteiger partial charge in [0.15, 0.2) is 0 Å². The molecule has 0 radical (unpaired) electrons. The van der Waals surface area contributed by atoms with E-state index in [1.54, 1.807) is 5.56 Å². The molecule has 2 aliphatic rings. The van der Waals surface area contributed by atoms with Crippen LogP contribution in [0.3, 0.4) is 0 Å². The molecule has 1 aromatic carbocycles. The van der Waals surface area contributed by atoms with Crippen molar-refractivity contribution in [3.05, 3.63) is 78.0 Å².